The SMILES string of the molecule is Cc1ccc(C(C)N(C)C2CCNC2)o1. The maximum atomic E-state index is 5.66. The lowest BCUT2D eigenvalue weighted by Gasteiger charge is -2.28. The van der Waals surface area contributed by atoms with E-state index in [4.69, 9.17) is 4.42 Å². The van der Waals surface area contributed by atoms with Gasteiger partial charge in [-0.1, -0.05) is 0 Å². The molecule has 84 valence electrons. The predicted octanol–water partition coefficient (Wildman–Crippen LogP) is 1.94. The number of aryl methyl sites for hydroxylation is 1. The van der Waals surface area contributed by atoms with Crippen molar-refractivity contribution in [3.8, 4) is 0 Å². The molecule has 1 fully saturated rings. The average molecular weight is 208 g/mol. The smallest absolute Gasteiger partial charge is 0.121 e. The molecule has 1 saturated heterocycles. The molecule has 1 aliphatic rings. The van der Waals surface area contributed by atoms with Crippen LogP contribution < -0.4 is 5.32 Å². The van der Waals surface area contributed by atoms with Crippen LogP contribution in [0, 0.1) is 6.92 Å². The van der Waals surface area contributed by atoms with Crippen molar-refractivity contribution < 1.29 is 4.42 Å². The van der Waals surface area contributed by atoms with Gasteiger partial charge >= 0.3 is 0 Å². The van der Waals surface area contributed by atoms with E-state index in [1.807, 2.05) is 13.0 Å². The molecular weight excluding hydrogens is 188 g/mol. The van der Waals surface area contributed by atoms with E-state index >= 15 is 0 Å². The summed E-state index contributed by atoms with van der Waals surface area (Å²) in [4.78, 5) is 2.40. The van der Waals surface area contributed by atoms with Crippen LogP contribution in [-0.4, -0.2) is 31.1 Å². The third kappa shape index (κ3) is 2.24. The minimum absolute atomic E-state index is 0.364. The Morgan fingerprint density at radius 2 is 2.33 bits per heavy atom. The van der Waals surface area contributed by atoms with Crippen LogP contribution in [0.5, 0.6) is 0 Å². The molecule has 2 unspecified atom stereocenters. The summed E-state index contributed by atoms with van der Waals surface area (Å²) >= 11 is 0. The van der Waals surface area contributed by atoms with E-state index in [1.165, 1.54) is 6.42 Å². The number of nitrogens with one attached hydrogen (secondary N) is 1. The molecular formula is C12H20N2O. The first-order valence-electron chi connectivity index (χ1n) is 5.67. The highest BCUT2D eigenvalue weighted by Crippen LogP contribution is 2.24. The Hall–Kier alpha value is -0.800. The summed E-state index contributed by atoms with van der Waals surface area (Å²) in [5.74, 6) is 2.07. The average Bonchev–Trinajstić information content (AvgIpc) is 2.85. The highest BCUT2D eigenvalue weighted by Gasteiger charge is 2.25. The molecule has 0 saturated carbocycles. The number of likely N-dealkylation sites (N-methyl/N-ethyl adjacent to an activating group) is 1. The van der Waals surface area contributed by atoms with Crippen LogP contribution in [0.4, 0.5) is 0 Å². The van der Waals surface area contributed by atoms with E-state index in [-0.39, 0.29) is 0 Å². The third-order valence-corrected chi connectivity index (χ3v) is 3.39. The van der Waals surface area contributed by atoms with Crippen LogP contribution in [0.3, 0.4) is 0 Å². The Morgan fingerprint density at radius 3 is 2.87 bits per heavy atom. The van der Waals surface area contributed by atoms with Gasteiger partial charge in [0.1, 0.15) is 11.5 Å². The van der Waals surface area contributed by atoms with Gasteiger partial charge in [0.25, 0.3) is 0 Å². The van der Waals surface area contributed by atoms with Gasteiger partial charge in [0.05, 0.1) is 6.04 Å². The first-order valence-corrected chi connectivity index (χ1v) is 5.67. The fourth-order valence-electron chi connectivity index (χ4n) is 2.18. The standard InChI is InChI=1S/C12H20N2O/c1-9-4-5-12(15-9)10(2)14(3)11-6-7-13-8-11/h4-5,10-11,13H,6-8H2,1-3H3. The second-order valence-corrected chi connectivity index (χ2v) is 4.44. The molecule has 0 aromatic carbocycles. The number of rotatable bonds is 3. The van der Waals surface area contributed by atoms with Crippen molar-refractivity contribution >= 4 is 0 Å². The summed E-state index contributed by atoms with van der Waals surface area (Å²) in [5, 5.41) is 3.39. The zero-order valence-electron chi connectivity index (χ0n) is 9.79. The van der Waals surface area contributed by atoms with Crippen molar-refractivity contribution in [1.29, 1.82) is 0 Å². The lowest BCUT2D eigenvalue weighted by molar-refractivity contribution is 0.175. The Morgan fingerprint density at radius 1 is 1.53 bits per heavy atom. The Bertz CT molecular complexity index is 315. The molecule has 3 heteroatoms. The maximum absolute atomic E-state index is 5.66. The van der Waals surface area contributed by atoms with Gasteiger partial charge in [0.2, 0.25) is 0 Å². The molecule has 0 amide bonds. The lowest BCUT2D eigenvalue weighted by Crippen LogP contribution is -2.35. The topological polar surface area (TPSA) is 28.4 Å². The molecule has 15 heavy (non-hydrogen) atoms. The number of hydrogen-bond donors (Lipinski definition) is 1. The highest BCUT2D eigenvalue weighted by atomic mass is 16.3. The summed E-state index contributed by atoms with van der Waals surface area (Å²) < 4.78 is 5.66. The maximum Gasteiger partial charge on any atom is 0.121 e. The van der Waals surface area contributed by atoms with Gasteiger partial charge in [0.15, 0.2) is 0 Å². The lowest BCUT2D eigenvalue weighted by atomic mass is 10.1. The van der Waals surface area contributed by atoms with Crippen molar-refractivity contribution in [3.63, 3.8) is 0 Å². The summed E-state index contributed by atoms with van der Waals surface area (Å²) in [6.45, 7) is 6.43. The summed E-state index contributed by atoms with van der Waals surface area (Å²) in [6, 6.07) is 5.12. The first-order chi connectivity index (χ1) is 7.18. The highest BCUT2D eigenvalue weighted by molar-refractivity contribution is 5.09. The van der Waals surface area contributed by atoms with Crippen LogP contribution in [-0.2, 0) is 0 Å². The Kier molecular flexibility index (Phi) is 3.12. The van der Waals surface area contributed by atoms with Crippen molar-refractivity contribution in [3.05, 3.63) is 23.7 Å². The molecule has 3 nitrogen and oxygen atoms in total. The van der Waals surface area contributed by atoms with Crippen LogP contribution >= 0.6 is 0 Å². The largest absolute Gasteiger partial charge is 0.465 e. The summed E-state index contributed by atoms with van der Waals surface area (Å²) in [7, 11) is 2.18. The van der Waals surface area contributed by atoms with Crippen LogP contribution in [0.25, 0.3) is 0 Å². The second kappa shape index (κ2) is 4.37. The minimum Gasteiger partial charge on any atom is -0.465 e. The zero-order chi connectivity index (χ0) is 10.8. The van der Waals surface area contributed by atoms with Crippen molar-refractivity contribution in [2.45, 2.75) is 32.4 Å². The zero-order valence-corrected chi connectivity index (χ0v) is 9.79. The van der Waals surface area contributed by atoms with E-state index in [1.54, 1.807) is 0 Å². The van der Waals surface area contributed by atoms with Crippen LogP contribution in [0.1, 0.15) is 30.9 Å². The molecule has 2 atom stereocenters. The van der Waals surface area contributed by atoms with Crippen molar-refractivity contribution in [2.24, 2.45) is 0 Å². The van der Waals surface area contributed by atoms with Gasteiger partial charge in [-0.3, -0.25) is 4.90 Å². The molecule has 2 heterocycles. The predicted molar refractivity (Wildman–Crippen MR) is 60.9 cm³/mol. The summed E-state index contributed by atoms with van der Waals surface area (Å²) in [6.07, 6.45) is 1.24. The molecule has 1 N–H and O–H groups in total. The fourth-order valence-corrected chi connectivity index (χ4v) is 2.18. The molecule has 0 bridgehead atoms. The quantitative estimate of drug-likeness (QED) is 0.823. The fraction of sp³-hybridized carbons (Fsp3) is 0.667. The minimum atomic E-state index is 0.364. The van der Waals surface area contributed by atoms with Crippen LogP contribution in [0.15, 0.2) is 16.5 Å². The van der Waals surface area contributed by atoms with Crippen molar-refractivity contribution in [1.82, 2.24) is 10.2 Å². The van der Waals surface area contributed by atoms with Gasteiger partial charge in [0, 0.05) is 12.6 Å². The van der Waals surface area contributed by atoms with Gasteiger partial charge < -0.3 is 9.73 Å². The molecule has 1 aromatic heterocycles. The number of furan rings is 1. The monoisotopic (exact) mass is 208 g/mol. The summed E-state index contributed by atoms with van der Waals surface area (Å²) in [5.41, 5.74) is 0. The molecule has 1 aromatic rings. The van der Waals surface area contributed by atoms with Gasteiger partial charge in [-0.25, -0.2) is 0 Å². The molecule has 2 rings (SSSR count). The van der Waals surface area contributed by atoms with Gasteiger partial charge in [-0.2, -0.15) is 0 Å². The molecule has 0 radical (unpaired) electrons. The normalized spacial score (nSPS) is 23.6. The third-order valence-electron chi connectivity index (χ3n) is 3.39. The van der Waals surface area contributed by atoms with E-state index in [2.05, 4.69) is 30.3 Å². The van der Waals surface area contributed by atoms with Crippen LogP contribution in [0.2, 0.25) is 0 Å². The van der Waals surface area contributed by atoms with E-state index in [9.17, 15) is 0 Å². The van der Waals surface area contributed by atoms with E-state index in [0.29, 0.717) is 12.1 Å². The second-order valence-electron chi connectivity index (χ2n) is 4.44. The van der Waals surface area contributed by atoms with Crippen molar-refractivity contribution in [2.75, 3.05) is 20.1 Å². The van der Waals surface area contributed by atoms with E-state index in [0.717, 1.165) is 24.6 Å². The molecule has 0 aliphatic carbocycles. The van der Waals surface area contributed by atoms with E-state index < -0.39 is 0 Å². The number of hydrogen-bond acceptors (Lipinski definition) is 3. The Labute approximate surface area is 91.4 Å². The van der Waals surface area contributed by atoms with Gasteiger partial charge in [-0.15, -0.1) is 0 Å². The van der Waals surface area contributed by atoms with Gasteiger partial charge in [-0.05, 0) is 46.0 Å². The first kappa shape index (κ1) is 10.7. The number of nitrogens with zero attached hydrogens (tertiary/aromatic N) is 1. The Balaban J connectivity index is 2.03. The molecule has 0 spiro atoms. The molecule has 1 aliphatic heterocycles.